The molecule has 1 amide bonds. The van der Waals surface area contributed by atoms with Gasteiger partial charge in [0, 0.05) is 17.7 Å². The van der Waals surface area contributed by atoms with Crippen LogP contribution in [0.3, 0.4) is 0 Å². The molecule has 0 saturated heterocycles. The predicted octanol–water partition coefficient (Wildman–Crippen LogP) is 1.12. The predicted molar refractivity (Wildman–Crippen MR) is 91.3 cm³/mol. The molecule has 3 rings (SSSR count). The van der Waals surface area contributed by atoms with Crippen molar-refractivity contribution in [2.75, 3.05) is 26.4 Å². The number of carbonyl (C=O) groups excluding carboxylic acids is 1. The fraction of sp³-hybridized carbons (Fsp3) is 0.333. The van der Waals surface area contributed by atoms with Crippen LogP contribution in [0.5, 0.6) is 0 Å². The summed E-state index contributed by atoms with van der Waals surface area (Å²) in [6.07, 6.45) is 0. The number of rotatable bonds is 6. The molecule has 0 aliphatic rings. The van der Waals surface area contributed by atoms with E-state index in [9.17, 15) is 4.79 Å². The first kappa shape index (κ1) is 15.7. The Hall–Kier alpha value is -2.19. The van der Waals surface area contributed by atoms with Crippen LogP contribution in [-0.4, -0.2) is 56.9 Å². The van der Waals surface area contributed by atoms with Crippen molar-refractivity contribution in [2.24, 2.45) is 5.73 Å². The lowest BCUT2D eigenvalue weighted by Crippen LogP contribution is -2.19. The van der Waals surface area contributed by atoms with Gasteiger partial charge in [0.15, 0.2) is 5.65 Å². The molecular formula is C15H18N6OS. The summed E-state index contributed by atoms with van der Waals surface area (Å²) in [4.78, 5) is 18.1. The van der Waals surface area contributed by atoms with Gasteiger partial charge in [-0.05, 0) is 20.2 Å². The first-order valence-electron chi connectivity index (χ1n) is 7.24. The van der Waals surface area contributed by atoms with Crippen LogP contribution in [0.15, 0.2) is 29.4 Å². The molecule has 23 heavy (non-hydrogen) atoms. The number of fused-ring (bicyclic) bond motifs is 3. The molecule has 0 radical (unpaired) electrons. The third kappa shape index (κ3) is 3.27. The summed E-state index contributed by atoms with van der Waals surface area (Å²) in [5.41, 5.74) is 7.61. The number of thioether (sulfide) groups is 1. The highest BCUT2D eigenvalue weighted by atomic mass is 32.2. The Bertz CT molecular complexity index is 860. The van der Waals surface area contributed by atoms with Crippen LogP contribution in [0, 0.1) is 0 Å². The van der Waals surface area contributed by atoms with E-state index < -0.39 is 5.91 Å². The molecule has 120 valence electrons. The maximum absolute atomic E-state index is 11.4. The summed E-state index contributed by atoms with van der Waals surface area (Å²) in [7, 11) is 4.04. The van der Waals surface area contributed by atoms with Gasteiger partial charge in [0.05, 0.1) is 5.52 Å². The van der Waals surface area contributed by atoms with Crippen molar-refractivity contribution in [3.8, 4) is 0 Å². The average Bonchev–Trinajstić information content (AvgIpc) is 2.81. The number of para-hydroxylation sites is 1. The van der Waals surface area contributed by atoms with Gasteiger partial charge in [-0.3, -0.25) is 4.79 Å². The number of carbonyl (C=O) groups is 1. The summed E-state index contributed by atoms with van der Waals surface area (Å²) in [5, 5.41) is 10.0. The zero-order valence-corrected chi connectivity index (χ0v) is 13.9. The molecule has 8 heteroatoms. The molecule has 7 nitrogen and oxygen atoms in total. The number of hydrogen-bond donors (Lipinski definition) is 1. The second kappa shape index (κ2) is 6.51. The average molecular weight is 330 g/mol. The first-order valence-corrected chi connectivity index (χ1v) is 8.22. The fourth-order valence-electron chi connectivity index (χ4n) is 2.39. The number of hydrogen-bond acceptors (Lipinski definition) is 6. The van der Waals surface area contributed by atoms with Gasteiger partial charge in [-0.2, -0.15) is 0 Å². The molecule has 0 aliphatic heterocycles. The van der Waals surface area contributed by atoms with Crippen molar-refractivity contribution in [3.05, 3.63) is 24.3 Å². The summed E-state index contributed by atoms with van der Waals surface area (Å²) >= 11 is 1.55. The second-order valence-corrected chi connectivity index (χ2v) is 6.55. The van der Waals surface area contributed by atoms with Crippen molar-refractivity contribution < 1.29 is 4.79 Å². The van der Waals surface area contributed by atoms with E-state index >= 15 is 0 Å². The van der Waals surface area contributed by atoms with E-state index in [-0.39, 0.29) is 6.54 Å². The minimum absolute atomic E-state index is 0.0739. The SMILES string of the molecule is CN(C)CCSc1nnc2c3ccccc3n(CC(N)=O)c2n1. The third-order valence-electron chi connectivity index (χ3n) is 3.44. The normalized spacial score (nSPS) is 11.6. The maximum atomic E-state index is 11.4. The van der Waals surface area contributed by atoms with Crippen LogP contribution in [0.25, 0.3) is 22.1 Å². The summed E-state index contributed by atoms with van der Waals surface area (Å²) in [6, 6.07) is 7.72. The molecule has 3 aromatic rings. The van der Waals surface area contributed by atoms with Crippen LogP contribution >= 0.6 is 11.8 Å². The molecule has 0 atom stereocenters. The highest BCUT2D eigenvalue weighted by Gasteiger charge is 2.15. The Morgan fingerprint density at radius 1 is 1.30 bits per heavy atom. The van der Waals surface area contributed by atoms with Gasteiger partial charge in [0.25, 0.3) is 0 Å². The molecule has 1 aromatic carbocycles. The molecular weight excluding hydrogens is 312 g/mol. The van der Waals surface area contributed by atoms with Gasteiger partial charge >= 0.3 is 0 Å². The third-order valence-corrected chi connectivity index (χ3v) is 4.26. The smallest absolute Gasteiger partial charge is 0.237 e. The molecule has 2 aromatic heterocycles. The first-order chi connectivity index (χ1) is 11.1. The van der Waals surface area contributed by atoms with Gasteiger partial charge in [0.2, 0.25) is 11.1 Å². The molecule has 0 unspecified atom stereocenters. The Morgan fingerprint density at radius 2 is 2.09 bits per heavy atom. The van der Waals surface area contributed by atoms with Crippen molar-refractivity contribution in [1.29, 1.82) is 0 Å². The Morgan fingerprint density at radius 3 is 2.83 bits per heavy atom. The van der Waals surface area contributed by atoms with Gasteiger partial charge in [0.1, 0.15) is 12.1 Å². The monoisotopic (exact) mass is 330 g/mol. The molecule has 2 N–H and O–H groups in total. The Kier molecular flexibility index (Phi) is 4.44. The number of primary amides is 1. The van der Waals surface area contributed by atoms with E-state index in [2.05, 4.69) is 20.1 Å². The van der Waals surface area contributed by atoms with E-state index in [4.69, 9.17) is 5.73 Å². The van der Waals surface area contributed by atoms with Crippen LogP contribution < -0.4 is 5.73 Å². The van der Waals surface area contributed by atoms with Gasteiger partial charge in [-0.25, -0.2) is 4.98 Å². The highest BCUT2D eigenvalue weighted by Crippen LogP contribution is 2.26. The lowest BCUT2D eigenvalue weighted by molar-refractivity contribution is -0.118. The zero-order valence-electron chi connectivity index (χ0n) is 13.1. The zero-order chi connectivity index (χ0) is 16.4. The molecule has 0 fully saturated rings. The molecule has 0 aliphatic carbocycles. The molecule has 0 spiro atoms. The standard InChI is InChI=1S/C15H18N6OS/c1-20(2)7-8-23-15-17-14-13(18-19-15)10-5-3-4-6-11(10)21(14)9-12(16)22/h3-6H,7-9H2,1-2H3,(H2,16,22). The van der Waals surface area contributed by atoms with E-state index in [1.807, 2.05) is 38.4 Å². The van der Waals surface area contributed by atoms with Crippen molar-refractivity contribution in [1.82, 2.24) is 24.6 Å². The van der Waals surface area contributed by atoms with E-state index in [1.165, 1.54) is 0 Å². The van der Waals surface area contributed by atoms with Gasteiger partial charge in [-0.1, -0.05) is 30.0 Å². The number of nitrogens with zero attached hydrogens (tertiary/aromatic N) is 5. The molecule has 0 saturated carbocycles. The maximum Gasteiger partial charge on any atom is 0.237 e. The van der Waals surface area contributed by atoms with Gasteiger partial charge in [-0.15, -0.1) is 10.2 Å². The van der Waals surface area contributed by atoms with Gasteiger partial charge < -0.3 is 15.2 Å². The summed E-state index contributed by atoms with van der Waals surface area (Å²) in [6.45, 7) is 1.00. The lowest BCUT2D eigenvalue weighted by Gasteiger charge is -2.07. The number of amides is 1. The van der Waals surface area contributed by atoms with Crippen molar-refractivity contribution in [3.63, 3.8) is 0 Å². The minimum atomic E-state index is -0.409. The molecule has 0 bridgehead atoms. The number of aromatic nitrogens is 4. The number of benzene rings is 1. The second-order valence-electron chi connectivity index (χ2n) is 5.49. The fourth-order valence-corrected chi connectivity index (χ4v) is 3.27. The molecule has 2 heterocycles. The topological polar surface area (TPSA) is 89.9 Å². The van der Waals surface area contributed by atoms with Crippen LogP contribution in [0.4, 0.5) is 0 Å². The lowest BCUT2D eigenvalue weighted by atomic mass is 10.2. The van der Waals surface area contributed by atoms with Crippen molar-refractivity contribution >= 4 is 39.7 Å². The Balaban J connectivity index is 2.05. The van der Waals surface area contributed by atoms with Crippen molar-refractivity contribution in [2.45, 2.75) is 11.7 Å². The minimum Gasteiger partial charge on any atom is -0.368 e. The summed E-state index contributed by atoms with van der Waals surface area (Å²) < 4.78 is 1.80. The van der Waals surface area contributed by atoms with E-state index in [1.54, 1.807) is 16.3 Å². The largest absolute Gasteiger partial charge is 0.368 e. The van der Waals surface area contributed by atoms with E-state index in [0.29, 0.717) is 16.3 Å². The summed E-state index contributed by atoms with van der Waals surface area (Å²) in [5.74, 6) is 0.462. The van der Waals surface area contributed by atoms with Crippen LogP contribution in [-0.2, 0) is 11.3 Å². The highest BCUT2D eigenvalue weighted by molar-refractivity contribution is 7.99. The quantitative estimate of drug-likeness (QED) is 0.681. The van der Waals surface area contributed by atoms with Crippen LogP contribution in [0.1, 0.15) is 0 Å². The number of nitrogens with two attached hydrogens (primary N) is 1. The van der Waals surface area contributed by atoms with Crippen LogP contribution in [0.2, 0.25) is 0 Å². The Labute approximate surface area is 137 Å². The van der Waals surface area contributed by atoms with E-state index in [0.717, 1.165) is 23.2 Å².